The third-order valence-electron chi connectivity index (χ3n) is 1.15. The van der Waals surface area contributed by atoms with Gasteiger partial charge in [0.15, 0.2) is 0 Å². The fourth-order valence-electron chi connectivity index (χ4n) is 0.723. The summed E-state index contributed by atoms with van der Waals surface area (Å²) in [4.78, 5) is 0. The lowest BCUT2D eigenvalue weighted by atomic mass is 10.5. The summed E-state index contributed by atoms with van der Waals surface area (Å²) in [5.74, 6) is 0. The summed E-state index contributed by atoms with van der Waals surface area (Å²) in [6, 6.07) is 0. The molecule has 0 aliphatic carbocycles. The Labute approximate surface area is 77.1 Å². The zero-order chi connectivity index (χ0) is 7.40. The summed E-state index contributed by atoms with van der Waals surface area (Å²) in [6.45, 7) is 2.10. The van der Waals surface area contributed by atoms with Gasteiger partial charge in [0.2, 0.25) is 0 Å². The lowest BCUT2D eigenvalue weighted by Crippen LogP contribution is -2.35. The van der Waals surface area contributed by atoms with Crippen molar-refractivity contribution in [3.63, 3.8) is 0 Å². The number of ether oxygens (including phenoxy) is 1. The molecule has 0 amide bonds. The van der Waals surface area contributed by atoms with E-state index in [2.05, 4.69) is 4.28 Å². The number of nitrogens with zero attached hydrogens (tertiary/aromatic N) is 1. The minimum absolute atomic E-state index is 0. The molecule has 0 radical (unpaired) electrons. The van der Waals surface area contributed by atoms with Crippen molar-refractivity contribution in [3.8, 4) is 0 Å². The first-order chi connectivity index (χ1) is 4.79. The molecule has 1 rings (SSSR count). The van der Waals surface area contributed by atoms with Crippen LogP contribution in [0.3, 0.4) is 0 Å². The maximum Gasteiger partial charge on any atom is 0.273 e. The van der Waals surface area contributed by atoms with Crippen LogP contribution in [0.5, 0.6) is 0 Å². The van der Waals surface area contributed by atoms with Gasteiger partial charge in [-0.2, -0.15) is 9.35 Å². The molecule has 1 aliphatic heterocycles. The lowest BCUT2D eigenvalue weighted by molar-refractivity contribution is -0.110. The lowest BCUT2D eigenvalue weighted by Gasteiger charge is -2.22. The van der Waals surface area contributed by atoms with Crippen LogP contribution >= 0.6 is 17.0 Å². The van der Waals surface area contributed by atoms with Crippen molar-refractivity contribution in [2.24, 2.45) is 0 Å². The number of rotatable bonds is 2. The van der Waals surface area contributed by atoms with Crippen LogP contribution in [-0.4, -0.2) is 39.8 Å². The van der Waals surface area contributed by atoms with Crippen LogP contribution in [0.4, 0.5) is 0 Å². The maximum absolute atomic E-state index is 10.00. The summed E-state index contributed by atoms with van der Waals surface area (Å²) >= 11 is 0. The molecular formula is C4H10BrNO4S. The molecule has 0 atom stereocenters. The maximum atomic E-state index is 10.00. The third-order valence-corrected chi connectivity index (χ3v) is 1.52. The SMILES string of the molecule is Br.O=[SH](=O)ON1CCOCC1. The van der Waals surface area contributed by atoms with Crippen molar-refractivity contribution >= 4 is 28.0 Å². The molecule has 0 spiro atoms. The van der Waals surface area contributed by atoms with Gasteiger partial charge in [0.1, 0.15) is 0 Å². The molecule has 68 valence electrons. The van der Waals surface area contributed by atoms with E-state index >= 15 is 0 Å². The fraction of sp³-hybridized carbons (Fsp3) is 1.00. The molecule has 5 nitrogen and oxygen atoms in total. The van der Waals surface area contributed by atoms with Crippen LogP contribution in [0.2, 0.25) is 0 Å². The van der Waals surface area contributed by atoms with Gasteiger partial charge in [-0.05, 0) is 0 Å². The van der Waals surface area contributed by atoms with Crippen molar-refractivity contribution < 1.29 is 17.4 Å². The number of hydroxylamine groups is 2. The molecule has 1 heterocycles. The van der Waals surface area contributed by atoms with Gasteiger partial charge >= 0.3 is 0 Å². The van der Waals surface area contributed by atoms with Crippen molar-refractivity contribution in [2.75, 3.05) is 26.3 Å². The van der Waals surface area contributed by atoms with E-state index in [0.717, 1.165) is 0 Å². The van der Waals surface area contributed by atoms with E-state index < -0.39 is 11.0 Å². The van der Waals surface area contributed by atoms with Gasteiger partial charge in [-0.25, -0.2) is 8.42 Å². The van der Waals surface area contributed by atoms with Gasteiger partial charge in [0.05, 0.1) is 13.2 Å². The Bertz CT molecular complexity index is 159. The van der Waals surface area contributed by atoms with Gasteiger partial charge in [0.25, 0.3) is 11.0 Å². The van der Waals surface area contributed by atoms with Crippen LogP contribution in [0, 0.1) is 0 Å². The molecule has 11 heavy (non-hydrogen) atoms. The number of halogens is 1. The topological polar surface area (TPSA) is 55.8 Å². The summed E-state index contributed by atoms with van der Waals surface area (Å²) < 4.78 is 29.4. The van der Waals surface area contributed by atoms with Crippen molar-refractivity contribution in [3.05, 3.63) is 0 Å². The first-order valence-electron chi connectivity index (χ1n) is 2.94. The standard InChI is InChI=1S/C4H9NO4S.BrH/c6-10(7)9-5-1-3-8-4-2-5;/h10H,1-4H2;1H. The summed E-state index contributed by atoms with van der Waals surface area (Å²) in [6.07, 6.45) is 0. The normalized spacial score (nSPS) is 19.7. The summed E-state index contributed by atoms with van der Waals surface area (Å²) in [5, 5.41) is 1.37. The van der Waals surface area contributed by atoms with E-state index in [0.29, 0.717) is 26.3 Å². The first kappa shape index (κ1) is 11.3. The largest absolute Gasteiger partial charge is 0.379 e. The highest BCUT2D eigenvalue weighted by Gasteiger charge is 2.10. The monoisotopic (exact) mass is 247 g/mol. The Morgan fingerprint density at radius 3 is 2.27 bits per heavy atom. The van der Waals surface area contributed by atoms with Crippen LogP contribution in [-0.2, 0) is 20.0 Å². The minimum Gasteiger partial charge on any atom is -0.379 e. The molecule has 0 saturated carbocycles. The van der Waals surface area contributed by atoms with Gasteiger partial charge in [-0.3, -0.25) is 0 Å². The molecule has 0 aromatic carbocycles. The van der Waals surface area contributed by atoms with Crippen molar-refractivity contribution in [1.82, 2.24) is 5.06 Å². The van der Waals surface area contributed by atoms with Gasteiger partial charge in [0, 0.05) is 13.1 Å². The second-order valence-corrected chi connectivity index (χ2v) is 2.46. The Morgan fingerprint density at radius 1 is 1.27 bits per heavy atom. The summed E-state index contributed by atoms with van der Waals surface area (Å²) in [5.41, 5.74) is 0. The second kappa shape index (κ2) is 5.90. The zero-order valence-electron chi connectivity index (χ0n) is 5.76. The molecule has 0 unspecified atom stereocenters. The highest BCUT2D eigenvalue weighted by Crippen LogP contribution is 1.96. The van der Waals surface area contributed by atoms with Crippen molar-refractivity contribution in [1.29, 1.82) is 0 Å². The second-order valence-electron chi connectivity index (χ2n) is 1.85. The van der Waals surface area contributed by atoms with Crippen LogP contribution in [0.15, 0.2) is 0 Å². The fourth-order valence-corrected chi connectivity index (χ4v) is 1.07. The Hall–Kier alpha value is 0.310. The highest BCUT2D eigenvalue weighted by molar-refractivity contribution is 8.93. The zero-order valence-corrected chi connectivity index (χ0v) is 8.37. The van der Waals surface area contributed by atoms with Crippen LogP contribution in [0.25, 0.3) is 0 Å². The van der Waals surface area contributed by atoms with Crippen LogP contribution < -0.4 is 0 Å². The molecule has 0 aromatic heterocycles. The summed E-state index contributed by atoms with van der Waals surface area (Å²) in [7, 11) is -2.75. The third kappa shape index (κ3) is 4.70. The molecule has 0 aromatic rings. The predicted octanol–water partition coefficient (Wildman–Crippen LogP) is -0.645. The minimum atomic E-state index is -2.75. The molecule has 0 N–H and O–H groups in total. The highest BCUT2D eigenvalue weighted by atomic mass is 79.9. The van der Waals surface area contributed by atoms with E-state index in [4.69, 9.17) is 4.74 Å². The number of hydrogen-bond acceptors (Lipinski definition) is 5. The molecule has 0 bridgehead atoms. The predicted molar refractivity (Wildman–Crippen MR) is 44.1 cm³/mol. The molecule has 7 heteroatoms. The van der Waals surface area contributed by atoms with E-state index in [1.165, 1.54) is 5.06 Å². The number of morpholine rings is 1. The van der Waals surface area contributed by atoms with Gasteiger partial charge in [-0.1, -0.05) is 0 Å². The quantitative estimate of drug-likeness (QED) is 0.658. The van der Waals surface area contributed by atoms with Crippen LogP contribution in [0.1, 0.15) is 0 Å². The van der Waals surface area contributed by atoms with E-state index in [-0.39, 0.29) is 17.0 Å². The van der Waals surface area contributed by atoms with E-state index in [9.17, 15) is 8.42 Å². The number of thiol groups is 1. The average molecular weight is 248 g/mol. The Kier molecular flexibility index (Phi) is 6.06. The average Bonchev–Trinajstić information content (AvgIpc) is 1.88. The Morgan fingerprint density at radius 2 is 1.82 bits per heavy atom. The Balaban J connectivity index is 0.000001000. The molecule has 1 aliphatic rings. The van der Waals surface area contributed by atoms with Crippen molar-refractivity contribution in [2.45, 2.75) is 0 Å². The number of hydrogen-bond donors (Lipinski definition) is 1. The molecule has 1 saturated heterocycles. The molecular weight excluding hydrogens is 238 g/mol. The smallest absolute Gasteiger partial charge is 0.273 e. The van der Waals surface area contributed by atoms with Gasteiger partial charge in [-0.15, -0.1) is 17.0 Å². The van der Waals surface area contributed by atoms with E-state index in [1.807, 2.05) is 0 Å². The first-order valence-corrected chi connectivity index (χ1v) is 4.04. The molecule has 1 fully saturated rings. The van der Waals surface area contributed by atoms with E-state index in [1.54, 1.807) is 0 Å². The van der Waals surface area contributed by atoms with Gasteiger partial charge < -0.3 is 4.74 Å².